The third kappa shape index (κ3) is 5.64. The van der Waals surface area contributed by atoms with Crippen LogP contribution >= 0.6 is 0 Å². The molecule has 0 atom stereocenters. The highest BCUT2D eigenvalue weighted by atomic mass is 14.4. The maximum Gasteiger partial charge on any atom is 0.0912 e. The molecule has 0 saturated heterocycles. The zero-order valence-electron chi connectivity index (χ0n) is 14.3. The Labute approximate surface area is 137 Å². The van der Waals surface area contributed by atoms with Crippen LogP contribution in [0.15, 0.2) is 24.3 Å². The summed E-state index contributed by atoms with van der Waals surface area (Å²) in [6.07, 6.45) is 23.7. The highest BCUT2D eigenvalue weighted by Crippen LogP contribution is 2.42. The van der Waals surface area contributed by atoms with E-state index in [0.717, 1.165) is 23.7 Å². The van der Waals surface area contributed by atoms with Crippen LogP contribution in [0.25, 0.3) is 0 Å². The first kappa shape index (κ1) is 17.3. The largest absolute Gasteiger partial charge is 0.193 e. The van der Waals surface area contributed by atoms with E-state index in [1.807, 2.05) is 12.1 Å². The lowest BCUT2D eigenvalue weighted by molar-refractivity contribution is 0.152. The molecule has 0 aromatic carbocycles. The smallest absolute Gasteiger partial charge is 0.0912 e. The number of allylic oxidation sites excluding steroid dienone is 4. The van der Waals surface area contributed by atoms with E-state index < -0.39 is 0 Å². The topological polar surface area (TPSA) is 23.8 Å². The monoisotopic (exact) mass is 299 g/mol. The Balaban J connectivity index is 1.66. The van der Waals surface area contributed by atoms with Crippen LogP contribution in [0, 0.1) is 35.0 Å². The van der Waals surface area contributed by atoms with Crippen molar-refractivity contribution < 1.29 is 0 Å². The van der Waals surface area contributed by atoms with Crippen LogP contribution < -0.4 is 0 Å². The highest BCUT2D eigenvalue weighted by molar-refractivity contribution is 5.12. The molecular formula is C21H33N. The molecular weight excluding hydrogens is 266 g/mol. The van der Waals surface area contributed by atoms with Crippen LogP contribution in [0.5, 0.6) is 0 Å². The van der Waals surface area contributed by atoms with Crippen LogP contribution in [-0.4, -0.2) is 0 Å². The number of hydrogen-bond acceptors (Lipinski definition) is 1. The second-order valence-corrected chi connectivity index (χ2v) is 7.47. The van der Waals surface area contributed by atoms with Gasteiger partial charge in [-0.15, -0.1) is 0 Å². The minimum Gasteiger partial charge on any atom is -0.193 e. The predicted octanol–water partition coefficient (Wildman–Crippen LogP) is 6.43. The molecule has 0 bridgehead atoms. The second kappa shape index (κ2) is 9.88. The van der Waals surface area contributed by atoms with Crippen molar-refractivity contribution in [1.29, 1.82) is 5.26 Å². The average molecular weight is 300 g/mol. The first-order valence-corrected chi connectivity index (χ1v) is 9.56. The van der Waals surface area contributed by atoms with Gasteiger partial charge >= 0.3 is 0 Å². The molecule has 0 N–H and O–H groups in total. The van der Waals surface area contributed by atoms with Crippen molar-refractivity contribution in [3.05, 3.63) is 24.3 Å². The van der Waals surface area contributed by atoms with E-state index >= 15 is 0 Å². The zero-order valence-corrected chi connectivity index (χ0v) is 14.3. The molecule has 1 nitrogen and oxygen atoms in total. The van der Waals surface area contributed by atoms with Gasteiger partial charge in [0, 0.05) is 6.08 Å². The van der Waals surface area contributed by atoms with E-state index in [2.05, 4.69) is 19.1 Å². The predicted molar refractivity (Wildman–Crippen MR) is 94.3 cm³/mol. The van der Waals surface area contributed by atoms with Crippen molar-refractivity contribution in [3.8, 4) is 6.07 Å². The molecule has 0 heterocycles. The van der Waals surface area contributed by atoms with Gasteiger partial charge in [-0.1, -0.05) is 57.3 Å². The van der Waals surface area contributed by atoms with Gasteiger partial charge in [-0.2, -0.15) is 5.26 Å². The van der Waals surface area contributed by atoms with Gasteiger partial charge in [-0.05, 0) is 62.2 Å². The summed E-state index contributed by atoms with van der Waals surface area (Å²) < 4.78 is 0. The van der Waals surface area contributed by atoms with Crippen LogP contribution in [0.3, 0.4) is 0 Å². The molecule has 0 radical (unpaired) electrons. The summed E-state index contributed by atoms with van der Waals surface area (Å²) in [5.41, 5.74) is 0. The van der Waals surface area contributed by atoms with Crippen LogP contribution in [0.1, 0.15) is 77.6 Å². The van der Waals surface area contributed by atoms with E-state index in [1.54, 1.807) is 6.08 Å². The maximum absolute atomic E-state index is 8.48. The normalized spacial score (nSPS) is 33.3. The van der Waals surface area contributed by atoms with Crippen molar-refractivity contribution >= 4 is 0 Å². The third-order valence-electron chi connectivity index (χ3n) is 6.01. The lowest BCUT2D eigenvalue weighted by Gasteiger charge is -2.37. The summed E-state index contributed by atoms with van der Waals surface area (Å²) in [5, 5.41) is 8.48. The van der Waals surface area contributed by atoms with Gasteiger partial charge < -0.3 is 0 Å². The fraction of sp³-hybridized carbons (Fsp3) is 0.762. The lowest BCUT2D eigenvalue weighted by atomic mass is 9.68. The van der Waals surface area contributed by atoms with Gasteiger partial charge in [0.05, 0.1) is 6.07 Å². The van der Waals surface area contributed by atoms with E-state index in [9.17, 15) is 0 Å². The van der Waals surface area contributed by atoms with Crippen molar-refractivity contribution in [2.24, 2.45) is 23.7 Å². The molecule has 0 unspecified atom stereocenters. The molecule has 0 aliphatic heterocycles. The summed E-state index contributed by atoms with van der Waals surface area (Å²) in [6.45, 7) is 2.31. The minimum atomic E-state index is 0.750. The first-order chi connectivity index (χ1) is 10.8. The molecule has 2 aliphatic rings. The number of unbranched alkanes of at least 4 members (excludes halogenated alkanes) is 1. The van der Waals surface area contributed by atoms with Crippen molar-refractivity contribution in [2.75, 3.05) is 0 Å². The first-order valence-electron chi connectivity index (χ1n) is 9.56. The summed E-state index contributed by atoms with van der Waals surface area (Å²) >= 11 is 0. The highest BCUT2D eigenvalue weighted by Gasteiger charge is 2.29. The average Bonchev–Trinajstić information content (AvgIpc) is 2.58. The number of nitriles is 1. The number of rotatable bonds is 6. The summed E-state index contributed by atoms with van der Waals surface area (Å²) in [7, 11) is 0. The lowest BCUT2D eigenvalue weighted by Crippen LogP contribution is -2.25. The summed E-state index contributed by atoms with van der Waals surface area (Å²) in [4.78, 5) is 0. The van der Waals surface area contributed by atoms with Gasteiger partial charge in [0.1, 0.15) is 0 Å². The van der Waals surface area contributed by atoms with Crippen LogP contribution in [-0.2, 0) is 0 Å². The van der Waals surface area contributed by atoms with Gasteiger partial charge in [0.2, 0.25) is 0 Å². The molecule has 2 fully saturated rings. The van der Waals surface area contributed by atoms with E-state index in [1.165, 1.54) is 70.6 Å². The quantitative estimate of drug-likeness (QED) is 0.410. The molecule has 2 aliphatic carbocycles. The molecule has 2 rings (SSSR count). The number of nitrogens with zero attached hydrogens (tertiary/aromatic N) is 1. The van der Waals surface area contributed by atoms with Gasteiger partial charge in [-0.25, -0.2) is 0 Å². The van der Waals surface area contributed by atoms with Crippen molar-refractivity contribution in [3.63, 3.8) is 0 Å². The van der Waals surface area contributed by atoms with Crippen LogP contribution in [0.2, 0.25) is 0 Å². The summed E-state index contributed by atoms with van der Waals surface area (Å²) in [6, 6.07) is 2.04. The molecule has 122 valence electrons. The Morgan fingerprint density at radius 2 is 1.55 bits per heavy atom. The Hall–Kier alpha value is -1.03. The maximum atomic E-state index is 8.48. The molecule has 1 heteroatoms. The second-order valence-electron chi connectivity index (χ2n) is 7.47. The van der Waals surface area contributed by atoms with E-state index in [0.29, 0.717) is 0 Å². The van der Waals surface area contributed by atoms with Gasteiger partial charge in [0.25, 0.3) is 0 Å². The molecule has 22 heavy (non-hydrogen) atoms. The Kier molecular flexibility index (Phi) is 7.78. The molecule has 2 saturated carbocycles. The summed E-state index contributed by atoms with van der Waals surface area (Å²) in [5.74, 6) is 3.83. The number of hydrogen-bond donors (Lipinski definition) is 0. The minimum absolute atomic E-state index is 0.750. The van der Waals surface area contributed by atoms with Gasteiger partial charge in [0.15, 0.2) is 0 Å². The fourth-order valence-corrected chi connectivity index (χ4v) is 4.57. The van der Waals surface area contributed by atoms with Crippen molar-refractivity contribution in [2.45, 2.75) is 77.6 Å². The SMILES string of the molecule is CCCC[C@H]1CC[C@H]([C@H]2CC[C@H](C=CC=CC#N)CC2)CC1. The van der Waals surface area contributed by atoms with Gasteiger partial charge in [-0.3, -0.25) is 0 Å². The van der Waals surface area contributed by atoms with Crippen LogP contribution in [0.4, 0.5) is 0 Å². The van der Waals surface area contributed by atoms with E-state index in [4.69, 9.17) is 5.26 Å². The molecule has 0 amide bonds. The molecule has 0 aromatic rings. The van der Waals surface area contributed by atoms with E-state index in [-0.39, 0.29) is 0 Å². The Morgan fingerprint density at radius 3 is 2.14 bits per heavy atom. The third-order valence-corrected chi connectivity index (χ3v) is 6.01. The Morgan fingerprint density at radius 1 is 0.909 bits per heavy atom. The fourth-order valence-electron chi connectivity index (χ4n) is 4.57. The standard InChI is InChI=1S/C21H33N/c1-2-3-7-18-9-13-20(14-10-18)21-15-11-19(12-16-21)8-5-4-6-17-22/h4-6,8,18-21H,2-3,7,9-16H2,1H3/t18-,19-,20-,21-. The zero-order chi connectivity index (χ0) is 15.6. The Bertz CT molecular complexity index is 385. The molecule has 0 spiro atoms. The van der Waals surface area contributed by atoms with Crippen molar-refractivity contribution in [1.82, 2.24) is 0 Å². The molecule has 0 aromatic heterocycles.